The van der Waals surface area contributed by atoms with Crippen LogP contribution in [0.3, 0.4) is 0 Å². The van der Waals surface area contributed by atoms with E-state index in [0.29, 0.717) is 6.42 Å². The first-order valence-electron chi connectivity index (χ1n) is 5.37. The molecule has 0 rings (SSSR count). The average molecular weight is 280 g/mol. The lowest BCUT2D eigenvalue weighted by Gasteiger charge is -2.24. The molecule has 0 radical (unpaired) electrons. The van der Waals surface area contributed by atoms with Crippen molar-refractivity contribution in [2.24, 2.45) is 5.92 Å². The van der Waals surface area contributed by atoms with E-state index in [9.17, 15) is 31.1 Å². The summed E-state index contributed by atoms with van der Waals surface area (Å²) >= 11 is 0. The Balaban J connectivity index is 4.85. The summed E-state index contributed by atoms with van der Waals surface area (Å²) in [6.07, 6.45) is -14.6. The smallest absolute Gasteiger partial charge is 0.434 e. The van der Waals surface area contributed by atoms with E-state index >= 15 is 0 Å². The zero-order valence-electron chi connectivity index (χ0n) is 9.86. The first-order chi connectivity index (χ1) is 8.04. The first kappa shape index (κ1) is 17.1. The van der Waals surface area contributed by atoms with Crippen molar-refractivity contribution in [2.45, 2.75) is 51.6 Å². The van der Waals surface area contributed by atoms with E-state index in [-0.39, 0.29) is 12.8 Å². The van der Waals surface area contributed by atoms with E-state index in [1.165, 1.54) is 6.92 Å². The van der Waals surface area contributed by atoms with Crippen LogP contribution in [0, 0.1) is 5.92 Å². The van der Waals surface area contributed by atoms with Gasteiger partial charge in [0.1, 0.15) is 0 Å². The molecule has 1 atom stereocenters. The van der Waals surface area contributed by atoms with Gasteiger partial charge in [-0.25, -0.2) is 0 Å². The van der Waals surface area contributed by atoms with E-state index in [2.05, 4.69) is 4.74 Å². The lowest BCUT2D eigenvalue weighted by molar-refractivity contribution is -0.314. The molecule has 0 bridgehead atoms. The number of halogens is 6. The largest absolute Gasteiger partial charge is 0.443 e. The molecule has 0 aromatic rings. The van der Waals surface area contributed by atoms with Gasteiger partial charge in [-0.3, -0.25) is 4.79 Å². The molecule has 1 unspecified atom stereocenters. The third-order valence-electron chi connectivity index (χ3n) is 2.29. The zero-order valence-corrected chi connectivity index (χ0v) is 9.86. The van der Waals surface area contributed by atoms with Crippen LogP contribution in [0.4, 0.5) is 26.3 Å². The fourth-order valence-electron chi connectivity index (χ4n) is 1.37. The van der Waals surface area contributed by atoms with Crippen LogP contribution >= 0.6 is 0 Å². The SMILES string of the molecule is CCCC(CC)C(=O)OC(C(F)(F)F)C(F)(F)F. The Morgan fingerprint density at radius 3 is 1.78 bits per heavy atom. The molecule has 0 aliphatic carbocycles. The fourth-order valence-corrected chi connectivity index (χ4v) is 1.37. The highest BCUT2D eigenvalue weighted by Crippen LogP contribution is 2.36. The number of carbonyl (C=O) groups excluding carboxylic acids is 1. The van der Waals surface area contributed by atoms with Gasteiger partial charge in [-0.05, 0) is 12.8 Å². The second-order valence-corrected chi connectivity index (χ2v) is 3.79. The summed E-state index contributed by atoms with van der Waals surface area (Å²) in [5.74, 6) is -2.40. The zero-order chi connectivity index (χ0) is 14.6. The van der Waals surface area contributed by atoms with Crippen molar-refractivity contribution in [1.29, 1.82) is 0 Å². The lowest BCUT2D eigenvalue weighted by Crippen LogP contribution is -2.46. The van der Waals surface area contributed by atoms with Crippen LogP contribution in [-0.4, -0.2) is 24.4 Å². The first-order valence-corrected chi connectivity index (χ1v) is 5.37. The molecule has 0 amide bonds. The van der Waals surface area contributed by atoms with Crippen LogP contribution < -0.4 is 0 Å². The Bertz CT molecular complexity index is 257. The number of ether oxygens (including phenoxy) is 1. The van der Waals surface area contributed by atoms with Crippen LogP contribution in [0.5, 0.6) is 0 Å². The Labute approximate surface area is 100 Å². The van der Waals surface area contributed by atoms with Gasteiger partial charge in [-0.2, -0.15) is 26.3 Å². The van der Waals surface area contributed by atoms with Gasteiger partial charge in [0.2, 0.25) is 0 Å². The number of hydrogen-bond donors (Lipinski definition) is 0. The van der Waals surface area contributed by atoms with E-state index in [1.54, 1.807) is 6.92 Å². The van der Waals surface area contributed by atoms with Crippen molar-refractivity contribution in [1.82, 2.24) is 0 Å². The van der Waals surface area contributed by atoms with Crippen molar-refractivity contribution in [3.8, 4) is 0 Å². The van der Waals surface area contributed by atoms with Gasteiger partial charge < -0.3 is 4.74 Å². The van der Waals surface area contributed by atoms with Gasteiger partial charge in [-0.15, -0.1) is 0 Å². The second-order valence-electron chi connectivity index (χ2n) is 3.79. The maximum atomic E-state index is 12.1. The molecule has 108 valence electrons. The standard InChI is InChI=1S/C10H14F6O2/c1-3-5-6(4-2)7(17)18-8(9(11,12)13)10(14,15)16/h6,8H,3-5H2,1-2H3. The average Bonchev–Trinajstić information content (AvgIpc) is 2.18. The highest BCUT2D eigenvalue weighted by molar-refractivity contribution is 5.72. The molecule has 0 aliphatic rings. The number of alkyl halides is 6. The van der Waals surface area contributed by atoms with Crippen molar-refractivity contribution < 1.29 is 35.9 Å². The van der Waals surface area contributed by atoms with Crippen molar-refractivity contribution in [2.75, 3.05) is 0 Å². The van der Waals surface area contributed by atoms with Crippen molar-refractivity contribution in [3.63, 3.8) is 0 Å². The number of carbonyl (C=O) groups is 1. The highest BCUT2D eigenvalue weighted by atomic mass is 19.4. The van der Waals surface area contributed by atoms with Gasteiger partial charge in [0.15, 0.2) is 0 Å². The van der Waals surface area contributed by atoms with E-state index < -0.39 is 30.3 Å². The summed E-state index contributed by atoms with van der Waals surface area (Å²) in [5.41, 5.74) is 0. The van der Waals surface area contributed by atoms with Crippen LogP contribution in [0.2, 0.25) is 0 Å². The van der Waals surface area contributed by atoms with Gasteiger partial charge in [-0.1, -0.05) is 20.3 Å². The summed E-state index contributed by atoms with van der Waals surface area (Å²) in [6.45, 7) is 3.17. The summed E-state index contributed by atoms with van der Waals surface area (Å²) in [4.78, 5) is 11.2. The van der Waals surface area contributed by atoms with Crippen LogP contribution in [0.25, 0.3) is 0 Å². The molecular formula is C10H14F6O2. The van der Waals surface area contributed by atoms with Crippen molar-refractivity contribution in [3.05, 3.63) is 0 Å². The molecule has 0 fully saturated rings. The minimum absolute atomic E-state index is 0.134. The van der Waals surface area contributed by atoms with E-state index in [4.69, 9.17) is 0 Å². The maximum Gasteiger partial charge on any atom is 0.434 e. The Morgan fingerprint density at radius 2 is 1.50 bits per heavy atom. The van der Waals surface area contributed by atoms with Gasteiger partial charge in [0, 0.05) is 0 Å². The van der Waals surface area contributed by atoms with Crippen LogP contribution in [0.15, 0.2) is 0 Å². The Morgan fingerprint density at radius 1 is 1.06 bits per heavy atom. The molecule has 0 aliphatic heterocycles. The van der Waals surface area contributed by atoms with Gasteiger partial charge >= 0.3 is 18.3 Å². The van der Waals surface area contributed by atoms with Crippen molar-refractivity contribution >= 4 is 5.97 Å². The minimum atomic E-state index is -5.65. The summed E-state index contributed by atoms with van der Waals surface area (Å²) in [7, 11) is 0. The minimum Gasteiger partial charge on any atom is -0.443 e. The normalized spacial score (nSPS) is 14.7. The lowest BCUT2D eigenvalue weighted by atomic mass is 10.0. The van der Waals surface area contributed by atoms with Crippen LogP contribution in [-0.2, 0) is 9.53 Å². The predicted molar refractivity (Wildman–Crippen MR) is 50.7 cm³/mol. The third kappa shape index (κ3) is 5.14. The number of rotatable bonds is 5. The molecule has 0 saturated carbocycles. The fraction of sp³-hybridized carbons (Fsp3) is 0.900. The summed E-state index contributed by atoms with van der Waals surface area (Å²) < 4.78 is 76.4. The quantitative estimate of drug-likeness (QED) is 0.565. The molecule has 0 aromatic carbocycles. The molecule has 0 heterocycles. The Hall–Kier alpha value is -0.950. The molecule has 0 N–H and O–H groups in total. The molecule has 0 saturated heterocycles. The van der Waals surface area contributed by atoms with Crippen LogP contribution in [0.1, 0.15) is 33.1 Å². The maximum absolute atomic E-state index is 12.1. The monoisotopic (exact) mass is 280 g/mol. The van der Waals surface area contributed by atoms with Gasteiger partial charge in [0.05, 0.1) is 5.92 Å². The molecule has 0 aromatic heterocycles. The molecular weight excluding hydrogens is 266 g/mol. The third-order valence-corrected chi connectivity index (χ3v) is 2.29. The number of hydrogen-bond acceptors (Lipinski definition) is 2. The molecule has 8 heteroatoms. The van der Waals surface area contributed by atoms with Gasteiger partial charge in [0.25, 0.3) is 6.10 Å². The summed E-state index contributed by atoms with van der Waals surface area (Å²) in [6, 6.07) is 0. The molecule has 2 nitrogen and oxygen atoms in total. The predicted octanol–water partition coefficient (Wildman–Crippen LogP) is 3.85. The molecule has 18 heavy (non-hydrogen) atoms. The highest BCUT2D eigenvalue weighted by Gasteiger charge is 2.60. The van der Waals surface area contributed by atoms with E-state index in [1.807, 2.05) is 0 Å². The molecule has 0 spiro atoms. The number of esters is 1. The summed E-state index contributed by atoms with van der Waals surface area (Å²) in [5, 5.41) is 0. The van der Waals surface area contributed by atoms with E-state index in [0.717, 1.165) is 0 Å². The Kier molecular flexibility index (Phi) is 5.95. The second kappa shape index (κ2) is 6.29. The topological polar surface area (TPSA) is 26.3 Å².